The molecule has 1 rings (SSSR count). The van der Waals surface area contributed by atoms with Crippen molar-refractivity contribution in [2.24, 2.45) is 5.73 Å². The Kier molecular flexibility index (Phi) is 8.74. The molecule has 0 aromatic rings. The van der Waals surface area contributed by atoms with Gasteiger partial charge in [0.05, 0.1) is 6.17 Å². The molecule has 1 heterocycles. The number of rotatable bonds is 10. The van der Waals surface area contributed by atoms with Crippen LogP contribution in [0.15, 0.2) is 0 Å². The number of hydrogen-bond donors (Lipinski definition) is 2. The van der Waals surface area contributed by atoms with Crippen molar-refractivity contribution in [2.45, 2.75) is 90.3 Å². The minimum Gasteiger partial charge on any atom is -0.315 e. The van der Waals surface area contributed by atoms with Crippen LogP contribution in [-0.2, 0) is 0 Å². The molecular formula is C17H37N3. The third kappa shape index (κ3) is 6.11. The van der Waals surface area contributed by atoms with Gasteiger partial charge in [-0.25, -0.2) is 0 Å². The van der Waals surface area contributed by atoms with E-state index in [1.54, 1.807) is 0 Å². The molecule has 120 valence electrons. The largest absolute Gasteiger partial charge is 0.315 e. The van der Waals surface area contributed by atoms with Gasteiger partial charge in [0.1, 0.15) is 0 Å². The summed E-state index contributed by atoms with van der Waals surface area (Å²) in [5.74, 6) is 0. The van der Waals surface area contributed by atoms with Crippen molar-refractivity contribution < 1.29 is 0 Å². The van der Waals surface area contributed by atoms with E-state index in [1.807, 2.05) is 0 Å². The fourth-order valence-corrected chi connectivity index (χ4v) is 3.40. The molecule has 3 nitrogen and oxygen atoms in total. The standard InChI is InChI=1S/C17H37N3/c1-4-6-8-10-12-17(3,11-9-7-5-2)20-14-13-19-16(18)15-20/h16,19H,4-15,18H2,1-3H3. The van der Waals surface area contributed by atoms with Gasteiger partial charge in [-0.3, -0.25) is 10.2 Å². The van der Waals surface area contributed by atoms with Crippen LogP contribution in [-0.4, -0.2) is 36.2 Å². The Balaban J connectivity index is 2.51. The Morgan fingerprint density at radius 2 is 1.65 bits per heavy atom. The van der Waals surface area contributed by atoms with Gasteiger partial charge in [0.15, 0.2) is 0 Å². The smallest absolute Gasteiger partial charge is 0.0678 e. The van der Waals surface area contributed by atoms with Crippen LogP contribution in [0.25, 0.3) is 0 Å². The van der Waals surface area contributed by atoms with Crippen LogP contribution in [0.4, 0.5) is 0 Å². The zero-order valence-electron chi connectivity index (χ0n) is 14.1. The first-order chi connectivity index (χ1) is 9.62. The van der Waals surface area contributed by atoms with E-state index in [-0.39, 0.29) is 6.17 Å². The van der Waals surface area contributed by atoms with Crippen molar-refractivity contribution in [3.8, 4) is 0 Å². The molecule has 0 aliphatic carbocycles. The monoisotopic (exact) mass is 283 g/mol. The molecule has 1 aliphatic heterocycles. The van der Waals surface area contributed by atoms with Crippen LogP contribution < -0.4 is 11.1 Å². The maximum absolute atomic E-state index is 6.10. The van der Waals surface area contributed by atoms with Crippen LogP contribution in [0.2, 0.25) is 0 Å². The first-order valence-corrected chi connectivity index (χ1v) is 8.86. The van der Waals surface area contributed by atoms with Gasteiger partial charge in [0, 0.05) is 25.2 Å². The quantitative estimate of drug-likeness (QED) is 0.603. The lowest BCUT2D eigenvalue weighted by molar-refractivity contribution is 0.0515. The summed E-state index contributed by atoms with van der Waals surface area (Å²) in [6, 6.07) is 0. The molecule has 0 saturated carbocycles. The minimum atomic E-state index is 0.157. The zero-order valence-corrected chi connectivity index (χ0v) is 14.1. The van der Waals surface area contributed by atoms with E-state index in [9.17, 15) is 0 Å². The molecule has 2 unspecified atom stereocenters. The van der Waals surface area contributed by atoms with E-state index in [2.05, 4.69) is 31.0 Å². The summed E-state index contributed by atoms with van der Waals surface area (Å²) in [6.07, 6.45) is 12.3. The fraction of sp³-hybridized carbons (Fsp3) is 1.00. The molecule has 0 amide bonds. The van der Waals surface area contributed by atoms with Crippen LogP contribution in [0.3, 0.4) is 0 Å². The normalized spacial score (nSPS) is 23.7. The molecule has 1 aliphatic rings. The van der Waals surface area contributed by atoms with Crippen molar-refractivity contribution in [1.82, 2.24) is 10.2 Å². The average molecular weight is 284 g/mol. The van der Waals surface area contributed by atoms with Gasteiger partial charge in [0.2, 0.25) is 0 Å². The number of nitrogens with one attached hydrogen (secondary N) is 1. The number of piperazine rings is 1. The maximum Gasteiger partial charge on any atom is 0.0678 e. The molecule has 20 heavy (non-hydrogen) atoms. The summed E-state index contributed by atoms with van der Waals surface area (Å²) < 4.78 is 0. The second-order valence-corrected chi connectivity index (χ2v) is 6.77. The zero-order chi connectivity index (χ0) is 14.8. The lowest BCUT2D eigenvalue weighted by Crippen LogP contribution is -2.61. The molecular weight excluding hydrogens is 246 g/mol. The number of nitrogens with zero attached hydrogens (tertiary/aromatic N) is 1. The lowest BCUT2D eigenvalue weighted by Gasteiger charge is -2.46. The first kappa shape index (κ1) is 17.9. The van der Waals surface area contributed by atoms with E-state index >= 15 is 0 Å². The molecule has 1 saturated heterocycles. The molecule has 0 aromatic carbocycles. The van der Waals surface area contributed by atoms with E-state index in [1.165, 1.54) is 57.8 Å². The maximum atomic E-state index is 6.10. The lowest BCUT2D eigenvalue weighted by atomic mass is 9.86. The molecule has 2 atom stereocenters. The van der Waals surface area contributed by atoms with Gasteiger partial charge >= 0.3 is 0 Å². The second kappa shape index (κ2) is 9.75. The van der Waals surface area contributed by atoms with Gasteiger partial charge in [-0.15, -0.1) is 0 Å². The third-order valence-electron chi connectivity index (χ3n) is 4.86. The Labute approximate surface area is 126 Å². The highest BCUT2D eigenvalue weighted by atomic mass is 15.3. The molecule has 3 N–H and O–H groups in total. The van der Waals surface area contributed by atoms with E-state index in [0.29, 0.717) is 5.54 Å². The first-order valence-electron chi connectivity index (χ1n) is 8.86. The number of nitrogens with two attached hydrogens (primary N) is 1. The minimum absolute atomic E-state index is 0.157. The average Bonchev–Trinajstić information content (AvgIpc) is 2.44. The summed E-state index contributed by atoms with van der Waals surface area (Å²) in [5.41, 5.74) is 6.46. The van der Waals surface area contributed by atoms with Crippen LogP contribution in [0.1, 0.15) is 78.6 Å². The molecule has 0 radical (unpaired) electrons. The van der Waals surface area contributed by atoms with Gasteiger partial charge in [-0.05, 0) is 19.8 Å². The highest BCUT2D eigenvalue weighted by molar-refractivity contribution is 4.90. The number of hydrogen-bond acceptors (Lipinski definition) is 3. The van der Waals surface area contributed by atoms with Crippen LogP contribution in [0.5, 0.6) is 0 Å². The van der Waals surface area contributed by atoms with Crippen molar-refractivity contribution in [3.63, 3.8) is 0 Å². The predicted molar refractivity (Wildman–Crippen MR) is 88.9 cm³/mol. The van der Waals surface area contributed by atoms with Crippen molar-refractivity contribution in [1.29, 1.82) is 0 Å². The predicted octanol–water partition coefficient (Wildman–Crippen LogP) is 3.49. The summed E-state index contributed by atoms with van der Waals surface area (Å²) in [6.45, 7) is 10.3. The van der Waals surface area contributed by atoms with Gasteiger partial charge < -0.3 is 5.73 Å². The Morgan fingerprint density at radius 1 is 1.05 bits per heavy atom. The molecule has 1 fully saturated rings. The van der Waals surface area contributed by atoms with Crippen molar-refractivity contribution >= 4 is 0 Å². The number of unbranched alkanes of at least 4 members (excludes halogenated alkanes) is 5. The fourth-order valence-electron chi connectivity index (χ4n) is 3.40. The van der Waals surface area contributed by atoms with Gasteiger partial charge in [-0.1, -0.05) is 58.8 Å². The SMILES string of the molecule is CCCCCCC(C)(CCCCC)N1CCNC(N)C1. The highest BCUT2D eigenvalue weighted by Gasteiger charge is 2.33. The summed E-state index contributed by atoms with van der Waals surface area (Å²) in [4.78, 5) is 2.66. The van der Waals surface area contributed by atoms with Crippen molar-refractivity contribution in [2.75, 3.05) is 19.6 Å². The summed E-state index contributed by atoms with van der Waals surface area (Å²) in [7, 11) is 0. The second-order valence-electron chi connectivity index (χ2n) is 6.77. The van der Waals surface area contributed by atoms with E-state index < -0.39 is 0 Å². The van der Waals surface area contributed by atoms with E-state index in [4.69, 9.17) is 5.73 Å². The van der Waals surface area contributed by atoms with Gasteiger partial charge in [0.25, 0.3) is 0 Å². The van der Waals surface area contributed by atoms with Crippen LogP contribution in [0, 0.1) is 0 Å². The Bertz CT molecular complexity index is 244. The molecule has 0 spiro atoms. The van der Waals surface area contributed by atoms with Gasteiger partial charge in [-0.2, -0.15) is 0 Å². The van der Waals surface area contributed by atoms with Crippen LogP contribution >= 0.6 is 0 Å². The Morgan fingerprint density at radius 3 is 2.25 bits per heavy atom. The summed E-state index contributed by atoms with van der Waals surface area (Å²) in [5, 5.41) is 3.36. The molecule has 3 heteroatoms. The molecule has 0 bridgehead atoms. The van der Waals surface area contributed by atoms with Crippen molar-refractivity contribution in [3.05, 3.63) is 0 Å². The highest BCUT2D eigenvalue weighted by Crippen LogP contribution is 2.29. The Hall–Kier alpha value is -0.120. The molecule has 0 aromatic heterocycles. The van der Waals surface area contributed by atoms with E-state index in [0.717, 1.165) is 19.6 Å². The third-order valence-corrected chi connectivity index (χ3v) is 4.86. The summed E-state index contributed by atoms with van der Waals surface area (Å²) >= 11 is 0. The topological polar surface area (TPSA) is 41.3 Å².